The molecule has 0 aliphatic rings. The molecule has 20 heavy (non-hydrogen) atoms. The van der Waals surface area contributed by atoms with Gasteiger partial charge in [0.15, 0.2) is 0 Å². The molecule has 0 amide bonds. The van der Waals surface area contributed by atoms with Crippen molar-refractivity contribution in [2.24, 2.45) is 0 Å². The van der Waals surface area contributed by atoms with Crippen LogP contribution in [0.1, 0.15) is 15.9 Å². The number of carbonyl (C=O) groups is 2. The number of rotatable bonds is 4. The summed E-state index contributed by atoms with van der Waals surface area (Å²) in [6.45, 7) is 0.276. The van der Waals surface area contributed by atoms with Crippen molar-refractivity contribution in [3.8, 4) is 5.75 Å². The summed E-state index contributed by atoms with van der Waals surface area (Å²) in [5.74, 6) is -0.677. The van der Waals surface area contributed by atoms with E-state index in [1.165, 1.54) is 6.07 Å². The standard InChI is InChI=1S/C15H12O5/c16-14(20-15(17)18)12-8-4-5-9-13(12)19-10-11-6-2-1-3-7-11/h1-9H,10H2,(H,17,18). The Balaban J connectivity index is 2.12. The quantitative estimate of drug-likeness (QED) is 0.684. The van der Waals surface area contributed by atoms with Gasteiger partial charge < -0.3 is 14.6 Å². The van der Waals surface area contributed by atoms with Crippen LogP contribution in [0.25, 0.3) is 0 Å². The Kier molecular flexibility index (Phi) is 4.34. The molecular weight excluding hydrogens is 260 g/mol. The molecule has 102 valence electrons. The molecule has 5 heteroatoms. The molecule has 0 unspecified atom stereocenters. The van der Waals surface area contributed by atoms with E-state index in [1.54, 1.807) is 18.2 Å². The van der Waals surface area contributed by atoms with Crippen molar-refractivity contribution < 1.29 is 24.2 Å². The molecule has 2 rings (SSSR count). The zero-order valence-corrected chi connectivity index (χ0v) is 10.5. The van der Waals surface area contributed by atoms with Crippen molar-refractivity contribution in [1.82, 2.24) is 0 Å². The van der Waals surface area contributed by atoms with E-state index >= 15 is 0 Å². The van der Waals surface area contributed by atoms with E-state index < -0.39 is 12.1 Å². The molecule has 1 N–H and O–H groups in total. The van der Waals surface area contributed by atoms with Crippen LogP contribution in [-0.2, 0) is 11.3 Å². The zero-order chi connectivity index (χ0) is 14.4. The third-order valence-electron chi connectivity index (χ3n) is 2.52. The molecule has 0 aliphatic carbocycles. The van der Waals surface area contributed by atoms with Gasteiger partial charge in [-0.05, 0) is 17.7 Å². The van der Waals surface area contributed by atoms with Crippen molar-refractivity contribution in [3.63, 3.8) is 0 Å². The number of ether oxygens (including phenoxy) is 2. The summed E-state index contributed by atoms with van der Waals surface area (Å²) in [6, 6.07) is 15.8. The second-order valence-electron chi connectivity index (χ2n) is 3.93. The minimum atomic E-state index is -1.65. The average molecular weight is 272 g/mol. The first-order chi connectivity index (χ1) is 9.66. The molecule has 0 bridgehead atoms. The highest BCUT2D eigenvalue weighted by molar-refractivity contribution is 5.97. The van der Waals surface area contributed by atoms with E-state index in [9.17, 15) is 9.59 Å². The lowest BCUT2D eigenvalue weighted by molar-refractivity contribution is 0.0505. The van der Waals surface area contributed by atoms with Crippen molar-refractivity contribution in [3.05, 3.63) is 65.7 Å². The summed E-state index contributed by atoms with van der Waals surface area (Å²) < 4.78 is 9.66. The van der Waals surface area contributed by atoms with Gasteiger partial charge in [-0.15, -0.1) is 0 Å². The van der Waals surface area contributed by atoms with Crippen LogP contribution >= 0.6 is 0 Å². The van der Waals surface area contributed by atoms with Gasteiger partial charge in [-0.3, -0.25) is 0 Å². The Hall–Kier alpha value is -2.82. The van der Waals surface area contributed by atoms with Gasteiger partial charge in [0.05, 0.1) is 0 Å². The predicted molar refractivity (Wildman–Crippen MR) is 70.7 cm³/mol. The lowest BCUT2D eigenvalue weighted by Crippen LogP contribution is -2.11. The summed E-state index contributed by atoms with van der Waals surface area (Å²) in [5, 5.41) is 8.46. The van der Waals surface area contributed by atoms with Gasteiger partial charge in [0.2, 0.25) is 0 Å². The fraction of sp³-hybridized carbons (Fsp3) is 0.0667. The Morgan fingerprint density at radius 2 is 1.60 bits per heavy atom. The molecular formula is C15H12O5. The van der Waals surface area contributed by atoms with Crippen LogP contribution in [0.15, 0.2) is 54.6 Å². The largest absolute Gasteiger partial charge is 0.513 e. The number of esters is 1. The highest BCUT2D eigenvalue weighted by atomic mass is 16.7. The minimum absolute atomic E-state index is 0.0748. The second kappa shape index (κ2) is 6.38. The van der Waals surface area contributed by atoms with Crippen LogP contribution in [0.4, 0.5) is 4.79 Å². The number of carboxylic acid groups (broad SMARTS) is 1. The molecule has 2 aromatic rings. The van der Waals surface area contributed by atoms with E-state index in [0.29, 0.717) is 0 Å². The van der Waals surface area contributed by atoms with Gasteiger partial charge in [-0.1, -0.05) is 42.5 Å². The summed E-state index contributed by atoms with van der Waals surface area (Å²) in [4.78, 5) is 22.0. The first kappa shape index (κ1) is 13.6. The van der Waals surface area contributed by atoms with Crippen LogP contribution < -0.4 is 4.74 Å². The maximum absolute atomic E-state index is 11.6. The number of hydrogen-bond donors (Lipinski definition) is 1. The fourth-order valence-electron chi connectivity index (χ4n) is 1.63. The highest BCUT2D eigenvalue weighted by Crippen LogP contribution is 2.20. The lowest BCUT2D eigenvalue weighted by Gasteiger charge is -2.09. The lowest BCUT2D eigenvalue weighted by atomic mass is 10.2. The van der Waals surface area contributed by atoms with Crippen molar-refractivity contribution in [1.29, 1.82) is 0 Å². The Labute approximate surface area is 115 Å². The van der Waals surface area contributed by atoms with Crippen LogP contribution in [0.2, 0.25) is 0 Å². The van der Waals surface area contributed by atoms with E-state index in [1.807, 2.05) is 30.3 Å². The van der Waals surface area contributed by atoms with Gasteiger partial charge in [0, 0.05) is 0 Å². The molecule has 0 saturated heterocycles. The minimum Gasteiger partial charge on any atom is -0.488 e. The van der Waals surface area contributed by atoms with Gasteiger partial charge in [0.25, 0.3) is 0 Å². The van der Waals surface area contributed by atoms with E-state index in [2.05, 4.69) is 4.74 Å². The smallest absolute Gasteiger partial charge is 0.488 e. The third kappa shape index (κ3) is 3.58. The zero-order valence-electron chi connectivity index (χ0n) is 10.5. The molecule has 0 atom stereocenters. The summed E-state index contributed by atoms with van der Waals surface area (Å²) in [7, 11) is 0. The van der Waals surface area contributed by atoms with Crippen molar-refractivity contribution in [2.75, 3.05) is 0 Å². The monoisotopic (exact) mass is 272 g/mol. The Morgan fingerprint density at radius 1 is 0.950 bits per heavy atom. The SMILES string of the molecule is O=C(O)OC(=O)c1ccccc1OCc1ccccc1. The molecule has 0 aliphatic heterocycles. The van der Waals surface area contributed by atoms with Gasteiger partial charge in [0.1, 0.15) is 17.9 Å². The van der Waals surface area contributed by atoms with E-state index in [4.69, 9.17) is 9.84 Å². The van der Waals surface area contributed by atoms with Crippen LogP contribution in [0.5, 0.6) is 5.75 Å². The number of para-hydroxylation sites is 1. The van der Waals surface area contributed by atoms with E-state index in [-0.39, 0.29) is 17.9 Å². The molecule has 0 saturated carbocycles. The van der Waals surface area contributed by atoms with Gasteiger partial charge in [-0.2, -0.15) is 0 Å². The second-order valence-corrected chi connectivity index (χ2v) is 3.93. The first-order valence-electron chi connectivity index (χ1n) is 5.87. The van der Waals surface area contributed by atoms with Gasteiger partial charge in [-0.25, -0.2) is 9.59 Å². The molecule has 0 fully saturated rings. The maximum Gasteiger partial charge on any atom is 0.513 e. The third-order valence-corrected chi connectivity index (χ3v) is 2.52. The van der Waals surface area contributed by atoms with Crippen LogP contribution in [0, 0.1) is 0 Å². The fourth-order valence-corrected chi connectivity index (χ4v) is 1.63. The molecule has 0 spiro atoms. The first-order valence-corrected chi connectivity index (χ1v) is 5.87. The molecule has 0 heterocycles. The molecule has 0 aromatic heterocycles. The van der Waals surface area contributed by atoms with Crippen molar-refractivity contribution in [2.45, 2.75) is 6.61 Å². The summed E-state index contributed by atoms with van der Waals surface area (Å²) in [6.07, 6.45) is -1.65. The van der Waals surface area contributed by atoms with E-state index in [0.717, 1.165) is 5.56 Å². The number of hydrogen-bond acceptors (Lipinski definition) is 4. The van der Waals surface area contributed by atoms with Crippen LogP contribution in [-0.4, -0.2) is 17.2 Å². The number of benzene rings is 2. The van der Waals surface area contributed by atoms with Gasteiger partial charge >= 0.3 is 12.1 Å². The predicted octanol–water partition coefficient (Wildman–Crippen LogP) is 3.10. The Morgan fingerprint density at radius 3 is 2.30 bits per heavy atom. The summed E-state index contributed by atoms with van der Waals surface area (Å²) in [5.41, 5.74) is 1.01. The number of carbonyl (C=O) groups excluding carboxylic acids is 1. The molecule has 2 aromatic carbocycles. The highest BCUT2D eigenvalue weighted by Gasteiger charge is 2.16. The molecule has 0 radical (unpaired) electrons. The normalized spacial score (nSPS) is 9.80. The Bertz CT molecular complexity index is 607. The van der Waals surface area contributed by atoms with Crippen LogP contribution in [0.3, 0.4) is 0 Å². The molecule has 5 nitrogen and oxygen atoms in total. The average Bonchev–Trinajstić information content (AvgIpc) is 2.46. The maximum atomic E-state index is 11.6. The topological polar surface area (TPSA) is 72.8 Å². The van der Waals surface area contributed by atoms with Crippen molar-refractivity contribution >= 4 is 12.1 Å². The summed E-state index contributed by atoms with van der Waals surface area (Å²) >= 11 is 0.